The van der Waals surface area contributed by atoms with Crippen LogP contribution in [0.5, 0.6) is 0 Å². The minimum atomic E-state index is 0.766. The molecule has 0 aliphatic heterocycles. The quantitative estimate of drug-likeness (QED) is 0.301. The van der Waals surface area contributed by atoms with Gasteiger partial charge >= 0.3 is 0 Å². The van der Waals surface area contributed by atoms with Crippen molar-refractivity contribution in [1.29, 1.82) is 0 Å². The second-order valence-electron chi connectivity index (χ2n) is 7.18. The first-order chi connectivity index (χ1) is 12.0. The van der Waals surface area contributed by atoms with Gasteiger partial charge in [0.15, 0.2) is 0 Å². The third-order valence-corrected chi connectivity index (χ3v) is 5.11. The smallest absolute Gasteiger partial charge is 0.0661 e. The predicted octanol–water partition coefficient (Wildman–Crippen LogP) is 7.74. The number of nitrogens with zero attached hydrogens (tertiary/aromatic N) is 1. The highest BCUT2D eigenvalue weighted by Gasteiger charge is 2.19. The molecule has 0 aromatic carbocycles. The third kappa shape index (κ3) is 7.86. The van der Waals surface area contributed by atoms with Crippen LogP contribution in [0.25, 0.3) is 0 Å². The molecule has 1 saturated carbocycles. The fraction of sp³-hybridized carbons (Fsp3) is 0.542. The normalized spacial score (nSPS) is 18.9. The number of rotatable bonds is 9. The van der Waals surface area contributed by atoms with Crippen LogP contribution in [-0.4, -0.2) is 5.71 Å². The minimum Gasteiger partial charge on any atom is -0.254 e. The zero-order valence-electron chi connectivity index (χ0n) is 17.2. The van der Waals surface area contributed by atoms with Crippen molar-refractivity contribution in [3.05, 3.63) is 58.9 Å². The Kier molecular flexibility index (Phi) is 10.1. The van der Waals surface area contributed by atoms with E-state index in [1.807, 2.05) is 0 Å². The number of aliphatic imine (C=N–C) groups is 1. The van der Waals surface area contributed by atoms with Gasteiger partial charge < -0.3 is 0 Å². The Bertz CT molecular complexity index is 590. The van der Waals surface area contributed by atoms with E-state index in [1.165, 1.54) is 42.4 Å². The largest absolute Gasteiger partial charge is 0.254 e. The molecule has 0 heterocycles. The number of unbranched alkanes of at least 4 members (excludes halogenated alkanes) is 1. The van der Waals surface area contributed by atoms with Crippen LogP contribution in [0.3, 0.4) is 0 Å². The van der Waals surface area contributed by atoms with E-state index in [1.54, 1.807) is 0 Å². The summed E-state index contributed by atoms with van der Waals surface area (Å²) in [5, 5.41) is 0. The molecule has 1 aliphatic rings. The lowest BCUT2D eigenvalue weighted by Gasteiger charge is -2.26. The molecule has 0 aromatic heterocycles. The van der Waals surface area contributed by atoms with Gasteiger partial charge in [-0.2, -0.15) is 0 Å². The molecule has 138 valence electrons. The molecule has 1 aliphatic carbocycles. The lowest BCUT2D eigenvalue weighted by atomic mass is 9.79. The molecule has 1 rings (SSSR count). The van der Waals surface area contributed by atoms with Gasteiger partial charge in [-0.15, -0.1) is 0 Å². The molecule has 0 radical (unpaired) electrons. The molecule has 0 bridgehead atoms. The summed E-state index contributed by atoms with van der Waals surface area (Å²) in [6.45, 7) is 13.1. The zero-order chi connectivity index (χ0) is 18.7. The fourth-order valence-corrected chi connectivity index (χ4v) is 2.65. The highest BCUT2D eigenvalue weighted by atomic mass is 14.8. The average molecular weight is 340 g/mol. The van der Waals surface area contributed by atoms with E-state index in [9.17, 15) is 0 Å². The standard InChI is InChI=1S/C24H37N/c1-7-9-10-11-12-13-15-20(4)24(25-22(6)19(3)8-2)18-21(5)23-16-14-17-23/h10-13,15,18,23H,7-9,14,16-17H2,1-6H3/b11-10+,13-12-,20-15+,21-18+,22-19+,25-24+. The molecule has 25 heavy (non-hydrogen) atoms. The lowest BCUT2D eigenvalue weighted by molar-refractivity contribution is 0.368. The van der Waals surface area contributed by atoms with Crippen LogP contribution in [0.15, 0.2) is 63.9 Å². The van der Waals surface area contributed by atoms with Crippen molar-refractivity contribution in [2.45, 2.75) is 80.1 Å². The Labute approximate surface area is 156 Å². The Hall–Kier alpha value is -1.63. The van der Waals surface area contributed by atoms with Crippen LogP contribution in [0.4, 0.5) is 0 Å². The van der Waals surface area contributed by atoms with Crippen molar-refractivity contribution in [1.82, 2.24) is 0 Å². The van der Waals surface area contributed by atoms with E-state index in [4.69, 9.17) is 4.99 Å². The molecule has 0 saturated heterocycles. The number of allylic oxidation sites excluding steroid dienone is 10. The summed E-state index contributed by atoms with van der Waals surface area (Å²) in [6, 6.07) is 0. The highest BCUT2D eigenvalue weighted by molar-refractivity contribution is 6.09. The summed E-state index contributed by atoms with van der Waals surface area (Å²) in [5.41, 5.74) is 6.32. The van der Waals surface area contributed by atoms with Gasteiger partial charge in [0.05, 0.1) is 5.71 Å². The van der Waals surface area contributed by atoms with E-state index in [0.717, 1.165) is 30.2 Å². The molecular formula is C24H37N. The monoisotopic (exact) mass is 339 g/mol. The SMILES string of the molecule is CCC/C=C/C=C\C=C(/C)C(/C=C(\C)C1CCC1)=N/C(C)=C(\C)CC. The van der Waals surface area contributed by atoms with Gasteiger partial charge in [0.2, 0.25) is 0 Å². The van der Waals surface area contributed by atoms with Gasteiger partial charge in [-0.3, -0.25) is 4.99 Å². The van der Waals surface area contributed by atoms with Crippen LogP contribution in [0.2, 0.25) is 0 Å². The van der Waals surface area contributed by atoms with Gasteiger partial charge in [-0.25, -0.2) is 0 Å². The summed E-state index contributed by atoms with van der Waals surface area (Å²) >= 11 is 0. The first-order valence-electron chi connectivity index (χ1n) is 9.93. The first kappa shape index (κ1) is 21.4. The third-order valence-electron chi connectivity index (χ3n) is 5.11. The zero-order valence-corrected chi connectivity index (χ0v) is 17.2. The Morgan fingerprint density at radius 3 is 2.28 bits per heavy atom. The van der Waals surface area contributed by atoms with Crippen LogP contribution in [0, 0.1) is 5.92 Å². The molecule has 0 spiro atoms. The van der Waals surface area contributed by atoms with E-state index in [-0.39, 0.29) is 0 Å². The molecule has 1 nitrogen and oxygen atoms in total. The predicted molar refractivity (Wildman–Crippen MR) is 114 cm³/mol. The average Bonchev–Trinajstić information content (AvgIpc) is 2.54. The lowest BCUT2D eigenvalue weighted by Crippen LogP contribution is -2.13. The maximum Gasteiger partial charge on any atom is 0.0661 e. The van der Waals surface area contributed by atoms with Crippen molar-refractivity contribution in [3.63, 3.8) is 0 Å². The van der Waals surface area contributed by atoms with E-state index >= 15 is 0 Å². The van der Waals surface area contributed by atoms with Crippen molar-refractivity contribution in [3.8, 4) is 0 Å². The van der Waals surface area contributed by atoms with Crippen LogP contribution < -0.4 is 0 Å². The van der Waals surface area contributed by atoms with E-state index in [0.29, 0.717) is 0 Å². The summed E-state index contributed by atoms with van der Waals surface area (Å²) in [5.74, 6) is 0.766. The van der Waals surface area contributed by atoms with Crippen molar-refractivity contribution in [2.24, 2.45) is 10.9 Å². The maximum absolute atomic E-state index is 4.96. The molecule has 0 unspecified atom stereocenters. The second kappa shape index (κ2) is 11.8. The van der Waals surface area contributed by atoms with Gasteiger partial charge in [0.1, 0.15) is 0 Å². The summed E-state index contributed by atoms with van der Waals surface area (Å²) in [7, 11) is 0. The molecular weight excluding hydrogens is 302 g/mol. The fourth-order valence-electron chi connectivity index (χ4n) is 2.65. The van der Waals surface area contributed by atoms with E-state index < -0.39 is 0 Å². The van der Waals surface area contributed by atoms with Gasteiger partial charge in [-0.1, -0.05) is 68.2 Å². The molecule has 1 fully saturated rings. The molecule has 0 amide bonds. The van der Waals surface area contributed by atoms with Crippen LogP contribution in [0.1, 0.15) is 80.1 Å². The van der Waals surface area contributed by atoms with E-state index in [2.05, 4.69) is 78.0 Å². The van der Waals surface area contributed by atoms with Crippen molar-refractivity contribution in [2.75, 3.05) is 0 Å². The summed E-state index contributed by atoms with van der Waals surface area (Å²) in [4.78, 5) is 4.96. The Morgan fingerprint density at radius 1 is 1.00 bits per heavy atom. The van der Waals surface area contributed by atoms with Crippen LogP contribution >= 0.6 is 0 Å². The topological polar surface area (TPSA) is 12.4 Å². The van der Waals surface area contributed by atoms with Gasteiger partial charge in [0, 0.05) is 5.70 Å². The molecule has 0 aromatic rings. The summed E-state index contributed by atoms with van der Waals surface area (Å²) < 4.78 is 0. The molecule has 1 heteroatoms. The number of hydrogen-bond donors (Lipinski definition) is 0. The Balaban J connectivity index is 3.02. The second-order valence-corrected chi connectivity index (χ2v) is 7.18. The Morgan fingerprint density at radius 2 is 1.72 bits per heavy atom. The van der Waals surface area contributed by atoms with Gasteiger partial charge in [0.25, 0.3) is 0 Å². The molecule has 0 atom stereocenters. The molecule has 0 N–H and O–H groups in total. The van der Waals surface area contributed by atoms with Crippen LogP contribution in [-0.2, 0) is 0 Å². The maximum atomic E-state index is 4.96. The number of hydrogen-bond acceptors (Lipinski definition) is 1. The van der Waals surface area contributed by atoms with Crippen molar-refractivity contribution >= 4 is 5.71 Å². The summed E-state index contributed by atoms with van der Waals surface area (Å²) in [6.07, 6.45) is 20.5. The van der Waals surface area contributed by atoms with Gasteiger partial charge in [-0.05, 0) is 70.9 Å². The highest BCUT2D eigenvalue weighted by Crippen LogP contribution is 2.33. The van der Waals surface area contributed by atoms with Crippen molar-refractivity contribution < 1.29 is 0 Å². The first-order valence-corrected chi connectivity index (χ1v) is 9.93. The minimum absolute atomic E-state index is 0.766.